The maximum absolute atomic E-state index is 12.7. The van der Waals surface area contributed by atoms with Crippen LogP contribution in [0.25, 0.3) is 0 Å². The number of carbonyl (C=O) groups excluding carboxylic acids is 1. The molecule has 168 valence electrons. The van der Waals surface area contributed by atoms with Crippen molar-refractivity contribution in [2.24, 2.45) is 0 Å². The molecule has 0 radical (unpaired) electrons. The molecule has 0 heterocycles. The maximum atomic E-state index is 12.7. The second kappa shape index (κ2) is 11.6. The number of unbranched alkanes of at least 4 members (excludes halogenated alkanes) is 1. The third kappa shape index (κ3) is 7.88. The molecule has 0 bridgehead atoms. The number of hydrogen-bond donors (Lipinski definition) is 3. The number of benzene rings is 2. The van der Waals surface area contributed by atoms with Gasteiger partial charge in [0, 0.05) is 16.2 Å². The number of halogens is 1. The highest BCUT2D eigenvalue weighted by atomic mass is 79.9. The lowest BCUT2D eigenvalue weighted by molar-refractivity contribution is 0.0973. The molecule has 0 unspecified atom stereocenters. The number of rotatable bonds is 9. The number of nitrogens with one attached hydrogen (secondary N) is 3. The van der Waals surface area contributed by atoms with Gasteiger partial charge in [-0.15, -0.1) is 0 Å². The van der Waals surface area contributed by atoms with Crippen molar-refractivity contribution in [2.75, 3.05) is 11.9 Å². The molecule has 0 aliphatic carbocycles. The van der Waals surface area contributed by atoms with Crippen LogP contribution in [-0.2, 0) is 10.0 Å². The van der Waals surface area contributed by atoms with Gasteiger partial charge in [0.15, 0.2) is 5.11 Å². The lowest BCUT2D eigenvalue weighted by Crippen LogP contribution is -2.34. The number of hydrogen-bond acceptors (Lipinski definition) is 5. The molecule has 0 saturated carbocycles. The van der Waals surface area contributed by atoms with Gasteiger partial charge < -0.3 is 10.1 Å². The van der Waals surface area contributed by atoms with E-state index in [1.165, 1.54) is 12.1 Å². The van der Waals surface area contributed by atoms with Gasteiger partial charge >= 0.3 is 0 Å². The highest BCUT2D eigenvalue weighted by Gasteiger charge is 2.17. The van der Waals surface area contributed by atoms with Crippen molar-refractivity contribution < 1.29 is 17.9 Å². The Morgan fingerprint density at radius 1 is 1.16 bits per heavy atom. The normalized spacial score (nSPS) is 11.3. The van der Waals surface area contributed by atoms with Crippen LogP contribution in [0.4, 0.5) is 5.69 Å². The minimum Gasteiger partial charge on any atom is -0.493 e. The Balaban J connectivity index is 2.04. The van der Waals surface area contributed by atoms with Crippen LogP contribution in [0.1, 0.15) is 44.0 Å². The average molecular weight is 528 g/mol. The van der Waals surface area contributed by atoms with Gasteiger partial charge in [0.05, 0.1) is 17.1 Å². The van der Waals surface area contributed by atoms with Crippen LogP contribution in [-0.4, -0.2) is 32.1 Å². The minimum atomic E-state index is -3.58. The first-order valence-electron chi connectivity index (χ1n) is 9.79. The van der Waals surface area contributed by atoms with E-state index in [-0.39, 0.29) is 16.0 Å². The zero-order chi connectivity index (χ0) is 23.0. The summed E-state index contributed by atoms with van der Waals surface area (Å²) in [5.74, 6) is 0.0646. The van der Waals surface area contributed by atoms with Gasteiger partial charge in [-0.3, -0.25) is 10.1 Å². The molecule has 2 aromatic rings. The van der Waals surface area contributed by atoms with E-state index in [1.807, 2.05) is 0 Å². The Kier molecular flexibility index (Phi) is 9.42. The summed E-state index contributed by atoms with van der Waals surface area (Å²) in [7, 11) is -3.58. The van der Waals surface area contributed by atoms with E-state index in [9.17, 15) is 13.2 Å². The summed E-state index contributed by atoms with van der Waals surface area (Å²) in [5.41, 5.74) is 0.901. The minimum absolute atomic E-state index is 0.0837. The molecule has 7 nitrogen and oxygen atoms in total. The summed E-state index contributed by atoms with van der Waals surface area (Å²) in [6, 6.07) is 11.1. The van der Waals surface area contributed by atoms with Gasteiger partial charge in [0.2, 0.25) is 10.0 Å². The van der Waals surface area contributed by atoms with Crippen LogP contribution in [0.2, 0.25) is 0 Å². The molecule has 0 spiro atoms. The molecule has 1 amide bonds. The Morgan fingerprint density at radius 2 is 1.84 bits per heavy atom. The average Bonchev–Trinajstić information content (AvgIpc) is 2.68. The van der Waals surface area contributed by atoms with E-state index < -0.39 is 15.9 Å². The second-order valence-electron chi connectivity index (χ2n) is 7.05. The lowest BCUT2D eigenvalue weighted by atomic mass is 10.2. The van der Waals surface area contributed by atoms with Gasteiger partial charge in [-0.1, -0.05) is 29.3 Å². The zero-order valence-corrected chi connectivity index (χ0v) is 20.8. The summed E-state index contributed by atoms with van der Waals surface area (Å²) in [5, 5.41) is 5.59. The predicted molar refractivity (Wildman–Crippen MR) is 130 cm³/mol. The first kappa shape index (κ1) is 25.3. The topological polar surface area (TPSA) is 96.5 Å². The highest BCUT2D eigenvalue weighted by Crippen LogP contribution is 2.24. The molecule has 3 N–H and O–H groups in total. The number of ether oxygens (including phenoxy) is 1. The summed E-state index contributed by atoms with van der Waals surface area (Å²) in [4.78, 5) is 12.9. The molecule has 0 atom stereocenters. The standard InChI is InChI=1S/C21H26BrN3O4S2/c1-4-5-12-29-19-11-6-15(22)13-18(19)20(26)24-21(30)23-16-7-9-17(10-8-16)31(27,28)25-14(2)3/h6-11,13-14,25H,4-5,12H2,1-3H3,(H2,23,24,26,30). The fourth-order valence-corrected chi connectivity index (χ4v) is 4.38. The molecule has 31 heavy (non-hydrogen) atoms. The molecule has 10 heteroatoms. The molecular formula is C21H26BrN3O4S2. The lowest BCUT2D eigenvalue weighted by Gasteiger charge is -2.14. The number of anilines is 1. The van der Waals surface area contributed by atoms with Crippen molar-refractivity contribution in [3.8, 4) is 5.75 Å². The molecule has 0 aliphatic heterocycles. The fourth-order valence-electron chi connectivity index (χ4n) is 2.56. The van der Waals surface area contributed by atoms with Crippen LogP contribution in [0.3, 0.4) is 0 Å². The zero-order valence-electron chi connectivity index (χ0n) is 17.6. The number of amides is 1. The van der Waals surface area contributed by atoms with E-state index in [0.29, 0.717) is 23.6 Å². The van der Waals surface area contributed by atoms with E-state index in [4.69, 9.17) is 17.0 Å². The Hall–Kier alpha value is -2.01. The monoisotopic (exact) mass is 527 g/mol. The third-order valence-corrected chi connectivity index (χ3v) is 6.35. The van der Waals surface area contributed by atoms with Crippen molar-refractivity contribution in [3.05, 3.63) is 52.5 Å². The van der Waals surface area contributed by atoms with Crippen molar-refractivity contribution in [1.29, 1.82) is 0 Å². The van der Waals surface area contributed by atoms with Crippen molar-refractivity contribution in [2.45, 2.75) is 44.6 Å². The number of thiocarbonyl (C=S) groups is 1. The molecular weight excluding hydrogens is 502 g/mol. The highest BCUT2D eigenvalue weighted by molar-refractivity contribution is 9.10. The first-order valence-corrected chi connectivity index (χ1v) is 12.5. The van der Waals surface area contributed by atoms with Crippen LogP contribution < -0.4 is 20.1 Å². The fraction of sp³-hybridized carbons (Fsp3) is 0.333. The van der Waals surface area contributed by atoms with E-state index in [1.54, 1.807) is 44.2 Å². The summed E-state index contributed by atoms with van der Waals surface area (Å²) in [6.07, 6.45) is 1.87. The first-order chi connectivity index (χ1) is 14.6. The summed E-state index contributed by atoms with van der Waals surface area (Å²) >= 11 is 8.60. The summed E-state index contributed by atoms with van der Waals surface area (Å²) < 4.78 is 33.4. The molecule has 2 aromatic carbocycles. The van der Waals surface area contributed by atoms with Gasteiger partial charge in [0.25, 0.3) is 5.91 Å². The van der Waals surface area contributed by atoms with E-state index in [0.717, 1.165) is 17.3 Å². The Morgan fingerprint density at radius 3 is 2.45 bits per heavy atom. The van der Waals surface area contributed by atoms with Crippen LogP contribution in [0.15, 0.2) is 51.8 Å². The molecule has 0 saturated heterocycles. The van der Waals surface area contributed by atoms with Gasteiger partial charge in [0.1, 0.15) is 5.75 Å². The Bertz CT molecular complexity index is 1030. The molecule has 0 aliphatic rings. The quantitative estimate of drug-likeness (QED) is 0.329. The van der Waals surface area contributed by atoms with Gasteiger partial charge in [-0.25, -0.2) is 13.1 Å². The van der Waals surface area contributed by atoms with Crippen LogP contribution >= 0.6 is 28.1 Å². The summed E-state index contributed by atoms with van der Waals surface area (Å²) in [6.45, 7) is 6.08. The number of carbonyl (C=O) groups is 1. The van der Waals surface area contributed by atoms with E-state index in [2.05, 4.69) is 38.2 Å². The smallest absolute Gasteiger partial charge is 0.261 e. The molecule has 0 aromatic heterocycles. The predicted octanol–water partition coefficient (Wildman–Crippen LogP) is 4.44. The Labute approximate surface area is 197 Å². The van der Waals surface area contributed by atoms with Gasteiger partial charge in [-0.2, -0.15) is 0 Å². The van der Waals surface area contributed by atoms with E-state index >= 15 is 0 Å². The van der Waals surface area contributed by atoms with Crippen molar-refractivity contribution >= 4 is 54.9 Å². The largest absolute Gasteiger partial charge is 0.493 e. The van der Waals surface area contributed by atoms with Crippen molar-refractivity contribution in [1.82, 2.24) is 10.0 Å². The van der Waals surface area contributed by atoms with Crippen LogP contribution in [0.5, 0.6) is 5.75 Å². The molecule has 2 rings (SSSR count). The number of sulfonamides is 1. The third-order valence-electron chi connectivity index (χ3n) is 3.98. The van der Waals surface area contributed by atoms with Gasteiger partial charge in [-0.05, 0) is 75.0 Å². The van der Waals surface area contributed by atoms with Crippen LogP contribution in [0, 0.1) is 0 Å². The SMILES string of the molecule is CCCCOc1ccc(Br)cc1C(=O)NC(=S)Nc1ccc(S(=O)(=O)NC(C)C)cc1. The second-order valence-corrected chi connectivity index (χ2v) is 10.1. The molecule has 0 fully saturated rings. The van der Waals surface area contributed by atoms with Crippen molar-refractivity contribution in [3.63, 3.8) is 0 Å². The maximum Gasteiger partial charge on any atom is 0.261 e.